The lowest BCUT2D eigenvalue weighted by molar-refractivity contribution is 0.102. The van der Waals surface area contributed by atoms with Crippen molar-refractivity contribution in [2.45, 2.75) is 0 Å². The van der Waals surface area contributed by atoms with Crippen molar-refractivity contribution in [3.8, 4) is 11.5 Å². The maximum Gasteiger partial charge on any atom is 0.274 e. The van der Waals surface area contributed by atoms with Crippen LogP contribution in [0.15, 0.2) is 36.5 Å². The third kappa shape index (κ3) is 3.61. The van der Waals surface area contributed by atoms with Gasteiger partial charge in [0, 0.05) is 30.1 Å². The van der Waals surface area contributed by atoms with Gasteiger partial charge in [-0.2, -0.15) is 0 Å². The van der Waals surface area contributed by atoms with Crippen molar-refractivity contribution in [2.24, 2.45) is 5.84 Å². The molecule has 0 saturated carbocycles. The molecular weight excluding hydrogens is 272 g/mol. The molecule has 21 heavy (non-hydrogen) atoms. The fraction of sp³-hybridized carbons (Fsp3) is 0.143. The first-order chi connectivity index (χ1) is 10.2. The topological polar surface area (TPSA) is 98.5 Å². The molecule has 4 N–H and O–H groups in total. The number of aromatic nitrogens is 1. The van der Waals surface area contributed by atoms with E-state index in [0.29, 0.717) is 22.9 Å². The monoisotopic (exact) mass is 288 g/mol. The van der Waals surface area contributed by atoms with Crippen molar-refractivity contribution in [2.75, 3.05) is 25.0 Å². The number of amides is 1. The number of anilines is 2. The number of pyridine rings is 1. The zero-order valence-electron chi connectivity index (χ0n) is 11.7. The number of nitrogens with two attached hydrogens (primary N) is 1. The first-order valence-electron chi connectivity index (χ1n) is 6.13. The summed E-state index contributed by atoms with van der Waals surface area (Å²) in [4.78, 5) is 16.2. The van der Waals surface area contributed by atoms with E-state index in [2.05, 4.69) is 15.7 Å². The third-order valence-corrected chi connectivity index (χ3v) is 2.77. The molecule has 2 aromatic rings. The predicted octanol–water partition coefficient (Wildman–Crippen LogP) is 1.64. The van der Waals surface area contributed by atoms with Crippen LogP contribution in [-0.4, -0.2) is 25.1 Å². The first-order valence-corrected chi connectivity index (χ1v) is 6.13. The van der Waals surface area contributed by atoms with Crippen LogP contribution < -0.4 is 26.1 Å². The van der Waals surface area contributed by atoms with E-state index in [-0.39, 0.29) is 11.6 Å². The highest BCUT2D eigenvalue weighted by atomic mass is 16.5. The minimum Gasteiger partial charge on any atom is -0.497 e. The van der Waals surface area contributed by atoms with E-state index in [1.165, 1.54) is 6.20 Å². The molecule has 0 radical (unpaired) electrons. The van der Waals surface area contributed by atoms with E-state index in [1.54, 1.807) is 44.6 Å². The van der Waals surface area contributed by atoms with Crippen LogP contribution in [0.4, 0.5) is 11.4 Å². The molecule has 7 nitrogen and oxygen atoms in total. The van der Waals surface area contributed by atoms with Crippen molar-refractivity contribution in [1.29, 1.82) is 0 Å². The maximum atomic E-state index is 12.2. The third-order valence-electron chi connectivity index (χ3n) is 2.77. The fourth-order valence-electron chi connectivity index (χ4n) is 1.72. The molecule has 0 fully saturated rings. The molecule has 2 rings (SSSR count). The van der Waals surface area contributed by atoms with E-state index >= 15 is 0 Å². The number of hydrogen-bond donors (Lipinski definition) is 3. The molecule has 0 spiro atoms. The van der Waals surface area contributed by atoms with Gasteiger partial charge in [0.1, 0.15) is 17.2 Å². The number of carbonyl (C=O) groups is 1. The van der Waals surface area contributed by atoms with Gasteiger partial charge in [0.2, 0.25) is 0 Å². The highest BCUT2D eigenvalue weighted by molar-refractivity contribution is 6.03. The molecular formula is C14H16N4O3. The molecule has 1 aromatic heterocycles. The molecule has 7 heteroatoms. The Morgan fingerprint density at radius 2 is 1.76 bits per heavy atom. The van der Waals surface area contributed by atoms with Gasteiger partial charge in [-0.25, -0.2) is 0 Å². The number of ether oxygens (including phenoxy) is 2. The molecule has 0 atom stereocenters. The van der Waals surface area contributed by atoms with Crippen LogP contribution in [0.2, 0.25) is 0 Å². The van der Waals surface area contributed by atoms with Crippen LogP contribution in [0.25, 0.3) is 0 Å². The molecule has 0 saturated heterocycles. The Labute approximate surface area is 122 Å². The van der Waals surface area contributed by atoms with Gasteiger partial charge in [0.25, 0.3) is 5.91 Å². The summed E-state index contributed by atoms with van der Waals surface area (Å²) in [6.07, 6.45) is 1.50. The zero-order chi connectivity index (χ0) is 15.2. The summed E-state index contributed by atoms with van der Waals surface area (Å²) >= 11 is 0. The number of methoxy groups -OCH3 is 2. The van der Waals surface area contributed by atoms with Crippen LogP contribution in [0.3, 0.4) is 0 Å². The minimum absolute atomic E-state index is 0.243. The number of carbonyl (C=O) groups excluding carboxylic acids is 1. The van der Waals surface area contributed by atoms with Gasteiger partial charge in [-0.05, 0) is 12.1 Å². The number of nitrogens with one attached hydrogen (secondary N) is 2. The van der Waals surface area contributed by atoms with Crippen LogP contribution >= 0.6 is 0 Å². The Bertz CT molecular complexity index is 624. The average molecular weight is 288 g/mol. The Morgan fingerprint density at radius 1 is 1.10 bits per heavy atom. The quantitative estimate of drug-likeness (QED) is 0.571. The van der Waals surface area contributed by atoms with Gasteiger partial charge in [-0.3, -0.25) is 15.6 Å². The fourth-order valence-corrected chi connectivity index (χ4v) is 1.72. The summed E-state index contributed by atoms with van der Waals surface area (Å²) in [6, 6.07) is 8.29. The highest BCUT2D eigenvalue weighted by Gasteiger charge is 2.10. The summed E-state index contributed by atoms with van der Waals surface area (Å²) in [5.74, 6) is 6.10. The van der Waals surface area contributed by atoms with E-state index in [4.69, 9.17) is 15.3 Å². The molecule has 0 aliphatic rings. The van der Waals surface area contributed by atoms with E-state index < -0.39 is 0 Å². The van der Waals surface area contributed by atoms with E-state index in [1.807, 2.05) is 0 Å². The normalized spacial score (nSPS) is 9.86. The van der Waals surface area contributed by atoms with E-state index in [9.17, 15) is 4.79 Å². The molecule has 0 unspecified atom stereocenters. The number of hydrogen-bond acceptors (Lipinski definition) is 6. The van der Waals surface area contributed by atoms with Gasteiger partial charge >= 0.3 is 0 Å². The summed E-state index contributed by atoms with van der Waals surface area (Å²) in [5, 5.41) is 2.73. The van der Waals surface area contributed by atoms with Crippen molar-refractivity contribution in [3.63, 3.8) is 0 Å². The van der Waals surface area contributed by atoms with Gasteiger partial charge in [-0.1, -0.05) is 0 Å². The van der Waals surface area contributed by atoms with Crippen LogP contribution in [0.5, 0.6) is 11.5 Å². The van der Waals surface area contributed by atoms with E-state index in [0.717, 1.165) is 0 Å². The Balaban J connectivity index is 2.22. The lowest BCUT2D eigenvalue weighted by Gasteiger charge is -2.10. The molecule has 1 amide bonds. The number of hydrazine groups is 1. The van der Waals surface area contributed by atoms with Crippen molar-refractivity contribution in [3.05, 3.63) is 42.2 Å². The minimum atomic E-state index is -0.359. The van der Waals surface area contributed by atoms with Crippen LogP contribution in [-0.2, 0) is 0 Å². The molecule has 1 aromatic carbocycles. The summed E-state index contributed by atoms with van der Waals surface area (Å²) < 4.78 is 10.3. The lowest BCUT2D eigenvalue weighted by Crippen LogP contribution is -2.15. The second-order valence-electron chi connectivity index (χ2n) is 4.13. The molecule has 0 aliphatic carbocycles. The van der Waals surface area contributed by atoms with Crippen LogP contribution in [0.1, 0.15) is 10.5 Å². The van der Waals surface area contributed by atoms with Gasteiger partial charge < -0.3 is 20.2 Å². The summed E-state index contributed by atoms with van der Waals surface area (Å²) in [7, 11) is 3.08. The summed E-state index contributed by atoms with van der Waals surface area (Å²) in [6.45, 7) is 0. The smallest absolute Gasteiger partial charge is 0.274 e. The predicted molar refractivity (Wildman–Crippen MR) is 79.5 cm³/mol. The number of benzene rings is 1. The van der Waals surface area contributed by atoms with Gasteiger partial charge in [-0.15, -0.1) is 0 Å². The van der Waals surface area contributed by atoms with Crippen LogP contribution in [0, 0.1) is 0 Å². The number of nitrogen functional groups attached to an aromatic ring is 1. The molecule has 110 valence electrons. The van der Waals surface area contributed by atoms with Crippen molar-refractivity contribution in [1.82, 2.24) is 4.98 Å². The second kappa shape index (κ2) is 6.58. The highest BCUT2D eigenvalue weighted by Crippen LogP contribution is 2.26. The summed E-state index contributed by atoms with van der Waals surface area (Å²) in [5.41, 5.74) is 3.85. The Kier molecular flexibility index (Phi) is 4.57. The van der Waals surface area contributed by atoms with Crippen molar-refractivity contribution >= 4 is 17.3 Å². The number of rotatable bonds is 5. The largest absolute Gasteiger partial charge is 0.497 e. The van der Waals surface area contributed by atoms with Gasteiger partial charge in [0.05, 0.1) is 19.9 Å². The molecule has 1 heterocycles. The number of nitrogens with zero attached hydrogens (tertiary/aromatic N) is 1. The molecule has 0 bridgehead atoms. The van der Waals surface area contributed by atoms with Gasteiger partial charge in [0.15, 0.2) is 0 Å². The zero-order valence-corrected chi connectivity index (χ0v) is 11.7. The Morgan fingerprint density at radius 3 is 2.33 bits per heavy atom. The standard InChI is InChI=1S/C14H16N4O3/c1-20-11-5-10(6-12(8-11)21-2)17-14(19)13-7-9(18-15)3-4-16-13/h3-8H,15H2,1-2H3,(H,16,18)(H,17,19). The lowest BCUT2D eigenvalue weighted by atomic mass is 10.2. The average Bonchev–Trinajstić information content (AvgIpc) is 2.54. The maximum absolute atomic E-state index is 12.2. The Hall–Kier alpha value is -2.80. The first kappa shape index (κ1) is 14.6. The second-order valence-corrected chi connectivity index (χ2v) is 4.13. The molecule has 0 aliphatic heterocycles. The SMILES string of the molecule is COc1cc(NC(=O)c2cc(NN)ccn2)cc(OC)c1. The van der Waals surface area contributed by atoms with Crippen molar-refractivity contribution < 1.29 is 14.3 Å².